The van der Waals surface area contributed by atoms with Crippen molar-refractivity contribution in [2.75, 3.05) is 13.7 Å². The Hall–Kier alpha value is -1.72. The first kappa shape index (κ1) is 19.3. The summed E-state index contributed by atoms with van der Waals surface area (Å²) in [7, 11) is 1.59. The fourth-order valence-electron chi connectivity index (χ4n) is 2.43. The molecule has 0 amide bonds. The molecule has 0 fully saturated rings. The standard InChI is InChI=1S/C17H18F3NO.ClH/c1-22-15-8-4-13(5-9-15)16(10-11-21)12-2-6-14(7-3-12)17(18,19)20;/h2-9,16H,10-11,21H2,1H3;1H. The second-order valence-electron chi connectivity index (χ2n) is 5.02. The molecule has 0 bridgehead atoms. The Labute approximate surface area is 139 Å². The number of nitrogens with two attached hydrogens (primary N) is 1. The van der Waals surface area contributed by atoms with E-state index in [1.807, 2.05) is 24.3 Å². The van der Waals surface area contributed by atoms with Crippen molar-refractivity contribution in [1.29, 1.82) is 0 Å². The second-order valence-corrected chi connectivity index (χ2v) is 5.02. The lowest BCUT2D eigenvalue weighted by atomic mass is 9.88. The quantitative estimate of drug-likeness (QED) is 0.858. The summed E-state index contributed by atoms with van der Waals surface area (Å²) in [6, 6.07) is 12.8. The maximum atomic E-state index is 12.6. The van der Waals surface area contributed by atoms with Crippen LogP contribution >= 0.6 is 12.4 Å². The minimum Gasteiger partial charge on any atom is -0.497 e. The molecule has 0 saturated carbocycles. The number of alkyl halides is 3. The van der Waals surface area contributed by atoms with E-state index in [0.717, 1.165) is 29.0 Å². The van der Waals surface area contributed by atoms with E-state index in [1.54, 1.807) is 7.11 Å². The van der Waals surface area contributed by atoms with E-state index in [-0.39, 0.29) is 18.3 Å². The minimum absolute atomic E-state index is 0. The molecule has 23 heavy (non-hydrogen) atoms. The van der Waals surface area contributed by atoms with Crippen molar-refractivity contribution in [3.05, 3.63) is 65.2 Å². The molecule has 0 radical (unpaired) electrons. The van der Waals surface area contributed by atoms with Crippen molar-refractivity contribution in [1.82, 2.24) is 0 Å². The van der Waals surface area contributed by atoms with Crippen molar-refractivity contribution in [3.8, 4) is 5.75 Å². The Morgan fingerprint density at radius 1 is 0.957 bits per heavy atom. The first-order valence-corrected chi connectivity index (χ1v) is 6.97. The summed E-state index contributed by atoms with van der Waals surface area (Å²) in [5.74, 6) is 0.709. The summed E-state index contributed by atoms with van der Waals surface area (Å²) in [5, 5.41) is 0. The largest absolute Gasteiger partial charge is 0.497 e. The van der Waals surface area contributed by atoms with Crippen LogP contribution in [0.25, 0.3) is 0 Å². The van der Waals surface area contributed by atoms with Crippen LogP contribution in [0.4, 0.5) is 13.2 Å². The third-order valence-corrected chi connectivity index (χ3v) is 3.61. The SMILES string of the molecule is COc1ccc(C(CCN)c2ccc(C(F)(F)F)cc2)cc1.Cl. The van der Waals surface area contributed by atoms with Gasteiger partial charge in [-0.05, 0) is 48.4 Å². The van der Waals surface area contributed by atoms with E-state index < -0.39 is 11.7 Å². The van der Waals surface area contributed by atoms with Crippen LogP contribution in [0.5, 0.6) is 5.75 Å². The van der Waals surface area contributed by atoms with Crippen LogP contribution in [0.1, 0.15) is 29.0 Å². The summed E-state index contributed by atoms with van der Waals surface area (Å²) in [6.45, 7) is 0.456. The van der Waals surface area contributed by atoms with Crippen LogP contribution in [0.15, 0.2) is 48.5 Å². The Kier molecular flexibility index (Phi) is 6.91. The van der Waals surface area contributed by atoms with Crippen molar-refractivity contribution in [3.63, 3.8) is 0 Å². The Morgan fingerprint density at radius 2 is 1.43 bits per heavy atom. The van der Waals surface area contributed by atoms with Crippen LogP contribution in [0, 0.1) is 0 Å². The molecule has 1 atom stereocenters. The van der Waals surface area contributed by atoms with E-state index in [0.29, 0.717) is 13.0 Å². The number of methoxy groups -OCH3 is 1. The highest BCUT2D eigenvalue weighted by molar-refractivity contribution is 5.85. The molecule has 0 aromatic heterocycles. The van der Waals surface area contributed by atoms with Gasteiger partial charge in [-0.2, -0.15) is 13.2 Å². The summed E-state index contributed by atoms with van der Waals surface area (Å²) < 4.78 is 43.0. The molecule has 2 aromatic rings. The van der Waals surface area contributed by atoms with E-state index in [2.05, 4.69) is 0 Å². The maximum Gasteiger partial charge on any atom is 0.416 e. The lowest BCUT2D eigenvalue weighted by molar-refractivity contribution is -0.137. The molecule has 1 unspecified atom stereocenters. The smallest absolute Gasteiger partial charge is 0.416 e. The Morgan fingerprint density at radius 3 is 1.83 bits per heavy atom. The fourth-order valence-corrected chi connectivity index (χ4v) is 2.43. The molecule has 2 N–H and O–H groups in total. The van der Waals surface area contributed by atoms with E-state index in [1.165, 1.54) is 12.1 Å². The zero-order valence-electron chi connectivity index (χ0n) is 12.6. The van der Waals surface area contributed by atoms with Gasteiger partial charge in [0.25, 0.3) is 0 Å². The molecule has 0 aliphatic carbocycles. The van der Waals surface area contributed by atoms with Gasteiger partial charge in [-0.15, -0.1) is 12.4 Å². The summed E-state index contributed by atoms with van der Waals surface area (Å²) in [5.41, 5.74) is 6.84. The third kappa shape index (κ3) is 4.88. The highest BCUT2D eigenvalue weighted by Crippen LogP contribution is 2.33. The molecule has 6 heteroatoms. The lowest BCUT2D eigenvalue weighted by Gasteiger charge is -2.18. The number of halogens is 4. The van der Waals surface area contributed by atoms with Gasteiger partial charge in [0.1, 0.15) is 5.75 Å². The summed E-state index contributed by atoms with van der Waals surface area (Å²) >= 11 is 0. The molecule has 2 nitrogen and oxygen atoms in total. The van der Waals surface area contributed by atoms with Crippen molar-refractivity contribution < 1.29 is 17.9 Å². The molecular formula is C17H19ClF3NO. The highest BCUT2D eigenvalue weighted by Gasteiger charge is 2.30. The van der Waals surface area contributed by atoms with Crippen molar-refractivity contribution in [2.24, 2.45) is 5.73 Å². The molecule has 0 saturated heterocycles. The van der Waals surface area contributed by atoms with Crippen LogP contribution < -0.4 is 10.5 Å². The van der Waals surface area contributed by atoms with Gasteiger partial charge < -0.3 is 10.5 Å². The topological polar surface area (TPSA) is 35.2 Å². The third-order valence-electron chi connectivity index (χ3n) is 3.61. The zero-order chi connectivity index (χ0) is 16.2. The number of hydrogen-bond acceptors (Lipinski definition) is 2. The number of hydrogen-bond donors (Lipinski definition) is 1. The normalized spacial score (nSPS) is 12.4. The van der Waals surface area contributed by atoms with Gasteiger partial charge in [-0.25, -0.2) is 0 Å². The van der Waals surface area contributed by atoms with Crippen molar-refractivity contribution in [2.45, 2.75) is 18.5 Å². The molecule has 0 aliphatic rings. The molecule has 0 spiro atoms. The first-order valence-electron chi connectivity index (χ1n) is 6.97. The van der Waals surface area contributed by atoms with Gasteiger partial charge in [0.05, 0.1) is 12.7 Å². The van der Waals surface area contributed by atoms with Crippen LogP contribution in [0.3, 0.4) is 0 Å². The number of rotatable bonds is 5. The summed E-state index contributed by atoms with van der Waals surface area (Å²) in [4.78, 5) is 0. The average molecular weight is 346 g/mol. The first-order chi connectivity index (χ1) is 10.5. The van der Waals surface area contributed by atoms with E-state index in [4.69, 9.17) is 10.5 Å². The molecule has 0 aliphatic heterocycles. The van der Waals surface area contributed by atoms with Gasteiger partial charge in [-0.3, -0.25) is 0 Å². The van der Waals surface area contributed by atoms with Crippen LogP contribution in [0.2, 0.25) is 0 Å². The number of ether oxygens (including phenoxy) is 1. The van der Waals surface area contributed by atoms with Crippen LogP contribution in [-0.4, -0.2) is 13.7 Å². The maximum absolute atomic E-state index is 12.6. The molecule has 2 rings (SSSR count). The second kappa shape index (κ2) is 8.22. The van der Waals surface area contributed by atoms with Gasteiger partial charge in [-0.1, -0.05) is 24.3 Å². The average Bonchev–Trinajstić information content (AvgIpc) is 2.52. The molecule has 2 aromatic carbocycles. The van der Waals surface area contributed by atoms with E-state index >= 15 is 0 Å². The molecule has 0 heterocycles. The fraction of sp³-hybridized carbons (Fsp3) is 0.294. The predicted octanol–water partition coefficient (Wildman–Crippen LogP) is 4.62. The minimum atomic E-state index is -4.32. The van der Waals surface area contributed by atoms with Gasteiger partial charge in [0, 0.05) is 5.92 Å². The Bertz CT molecular complexity index is 597. The highest BCUT2D eigenvalue weighted by atomic mass is 35.5. The van der Waals surface area contributed by atoms with Gasteiger partial charge >= 0.3 is 6.18 Å². The molecular weight excluding hydrogens is 327 g/mol. The number of benzene rings is 2. The summed E-state index contributed by atoms with van der Waals surface area (Å²) in [6.07, 6.45) is -3.65. The van der Waals surface area contributed by atoms with Crippen LogP contribution in [-0.2, 0) is 6.18 Å². The molecule has 126 valence electrons. The van der Waals surface area contributed by atoms with Gasteiger partial charge in [0.2, 0.25) is 0 Å². The van der Waals surface area contributed by atoms with Gasteiger partial charge in [0.15, 0.2) is 0 Å². The monoisotopic (exact) mass is 345 g/mol. The van der Waals surface area contributed by atoms with E-state index in [9.17, 15) is 13.2 Å². The Balaban J connectivity index is 0.00000264. The zero-order valence-corrected chi connectivity index (χ0v) is 13.5. The predicted molar refractivity (Wildman–Crippen MR) is 87.2 cm³/mol. The van der Waals surface area contributed by atoms with Crippen molar-refractivity contribution >= 4 is 12.4 Å². The lowest BCUT2D eigenvalue weighted by Crippen LogP contribution is -2.10.